The van der Waals surface area contributed by atoms with Crippen LogP contribution >= 0.6 is 22.0 Å². The molecule has 0 bridgehead atoms. The zero-order valence-electron chi connectivity index (χ0n) is 7.79. The topological polar surface area (TPSA) is 34.1 Å². The first-order valence-corrected chi connectivity index (χ1v) is 7.65. The largest absolute Gasteiger partial charge is 0.270 e. The second-order valence-corrected chi connectivity index (χ2v) is 7.73. The van der Waals surface area contributed by atoms with Gasteiger partial charge in [-0.3, -0.25) is 0 Å². The third kappa shape index (κ3) is 1.97. The molecule has 0 fully saturated rings. The van der Waals surface area contributed by atoms with Gasteiger partial charge < -0.3 is 0 Å². The molecule has 0 aromatic carbocycles. The van der Waals surface area contributed by atoms with Crippen LogP contribution in [-0.4, -0.2) is 8.42 Å². The molecule has 78 valence electrons. The number of halogens is 1. The van der Waals surface area contributed by atoms with Crippen molar-refractivity contribution in [3.8, 4) is 0 Å². The highest BCUT2D eigenvalue weighted by Gasteiger charge is 2.22. The molecule has 1 aliphatic rings. The minimum atomic E-state index is -3.52. The van der Waals surface area contributed by atoms with Gasteiger partial charge in [0.1, 0.15) is 4.21 Å². The van der Waals surface area contributed by atoms with E-state index in [4.69, 9.17) is 10.7 Å². The fourth-order valence-corrected chi connectivity index (χ4v) is 4.14. The molecule has 0 spiro atoms. The zero-order chi connectivity index (χ0) is 10.3. The van der Waals surface area contributed by atoms with Crippen LogP contribution in [0.3, 0.4) is 0 Å². The number of hydrogen-bond donors (Lipinski definition) is 0. The molecule has 1 aliphatic carbocycles. The van der Waals surface area contributed by atoms with Crippen LogP contribution in [0, 0.1) is 5.92 Å². The van der Waals surface area contributed by atoms with Crippen LogP contribution in [0.5, 0.6) is 0 Å². The Labute approximate surface area is 92.3 Å². The number of fused-ring (bicyclic) bond motifs is 1. The number of aryl methyl sites for hydroxylation is 1. The van der Waals surface area contributed by atoms with Gasteiger partial charge in [0.15, 0.2) is 0 Å². The van der Waals surface area contributed by atoms with Gasteiger partial charge >= 0.3 is 0 Å². The molecule has 14 heavy (non-hydrogen) atoms. The number of thiophene rings is 1. The smallest absolute Gasteiger partial charge is 0.206 e. The van der Waals surface area contributed by atoms with Gasteiger partial charge in [0, 0.05) is 15.6 Å². The minimum absolute atomic E-state index is 0.304. The summed E-state index contributed by atoms with van der Waals surface area (Å²) in [5.41, 5.74) is 1.17. The van der Waals surface area contributed by atoms with Gasteiger partial charge in [-0.25, -0.2) is 8.42 Å². The van der Waals surface area contributed by atoms with Crippen molar-refractivity contribution in [2.45, 2.75) is 30.4 Å². The molecule has 0 radical (unpaired) electrons. The van der Waals surface area contributed by atoms with E-state index in [1.807, 2.05) is 0 Å². The summed E-state index contributed by atoms with van der Waals surface area (Å²) in [7, 11) is 1.77. The van der Waals surface area contributed by atoms with E-state index in [9.17, 15) is 8.42 Å². The Kier molecular flexibility index (Phi) is 2.62. The Morgan fingerprint density at radius 2 is 2.29 bits per heavy atom. The molecule has 0 saturated heterocycles. The van der Waals surface area contributed by atoms with Crippen molar-refractivity contribution < 1.29 is 8.42 Å². The van der Waals surface area contributed by atoms with Crippen molar-refractivity contribution in [1.82, 2.24) is 0 Å². The fourth-order valence-electron chi connectivity index (χ4n) is 1.80. The van der Waals surface area contributed by atoms with E-state index in [0.717, 1.165) is 19.3 Å². The summed E-state index contributed by atoms with van der Waals surface area (Å²) < 4.78 is 22.5. The van der Waals surface area contributed by atoms with Crippen molar-refractivity contribution in [3.63, 3.8) is 0 Å². The Hall–Kier alpha value is -0.0600. The van der Waals surface area contributed by atoms with Crippen LogP contribution in [-0.2, 0) is 21.9 Å². The summed E-state index contributed by atoms with van der Waals surface area (Å²) in [5, 5.41) is 0. The molecule has 0 saturated carbocycles. The predicted octanol–water partition coefficient (Wildman–Crippen LogP) is 2.80. The average molecular weight is 251 g/mol. The van der Waals surface area contributed by atoms with Gasteiger partial charge in [-0.15, -0.1) is 11.3 Å². The number of hydrogen-bond acceptors (Lipinski definition) is 3. The SMILES string of the molecule is CC1CCc2sc(S(=O)(=O)Cl)cc2C1. The molecule has 0 N–H and O–H groups in total. The third-order valence-electron chi connectivity index (χ3n) is 2.55. The molecule has 0 amide bonds. The van der Waals surface area contributed by atoms with Crippen LogP contribution in [0.25, 0.3) is 0 Å². The highest BCUT2D eigenvalue weighted by Crippen LogP contribution is 2.35. The van der Waals surface area contributed by atoms with Gasteiger partial charge in [-0.1, -0.05) is 6.92 Å². The van der Waals surface area contributed by atoms with E-state index >= 15 is 0 Å². The van der Waals surface area contributed by atoms with E-state index in [0.29, 0.717) is 10.1 Å². The molecule has 1 aromatic heterocycles. The maximum Gasteiger partial charge on any atom is 0.270 e. The quantitative estimate of drug-likeness (QED) is 0.719. The van der Waals surface area contributed by atoms with Crippen molar-refractivity contribution >= 4 is 31.1 Å². The molecule has 1 unspecified atom stereocenters. The Morgan fingerprint density at radius 3 is 2.93 bits per heavy atom. The monoisotopic (exact) mass is 250 g/mol. The van der Waals surface area contributed by atoms with Gasteiger partial charge in [0.25, 0.3) is 9.05 Å². The summed E-state index contributed by atoms with van der Waals surface area (Å²) in [6.45, 7) is 2.19. The minimum Gasteiger partial charge on any atom is -0.206 e. The van der Waals surface area contributed by atoms with E-state index in [-0.39, 0.29) is 0 Å². The molecule has 1 atom stereocenters. The lowest BCUT2D eigenvalue weighted by Crippen LogP contribution is -2.08. The molecular formula is C9H11ClO2S2. The lowest BCUT2D eigenvalue weighted by atomic mass is 9.90. The lowest BCUT2D eigenvalue weighted by molar-refractivity contribution is 0.506. The zero-order valence-corrected chi connectivity index (χ0v) is 10.2. The predicted molar refractivity (Wildman–Crippen MR) is 58.5 cm³/mol. The molecule has 1 heterocycles. The van der Waals surface area contributed by atoms with Gasteiger partial charge in [-0.05, 0) is 36.8 Å². The molecule has 2 rings (SSSR count). The van der Waals surface area contributed by atoms with Crippen molar-refractivity contribution in [2.24, 2.45) is 5.92 Å². The van der Waals surface area contributed by atoms with Crippen LogP contribution < -0.4 is 0 Å². The Bertz CT molecular complexity index is 447. The second kappa shape index (κ2) is 3.51. The van der Waals surface area contributed by atoms with E-state index in [2.05, 4.69) is 6.92 Å². The van der Waals surface area contributed by atoms with Gasteiger partial charge in [-0.2, -0.15) is 0 Å². The third-order valence-corrected chi connectivity index (χ3v) is 5.86. The summed E-state index contributed by atoms with van der Waals surface area (Å²) >= 11 is 1.32. The van der Waals surface area contributed by atoms with Crippen LogP contribution in [0.4, 0.5) is 0 Å². The maximum atomic E-state index is 11.1. The fraction of sp³-hybridized carbons (Fsp3) is 0.556. The maximum absolute atomic E-state index is 11.1. The normalized spacial score (nSPS) is 22.0. The van der Waals surface area contributed by atoms with Crippen molar-refractivity contribution in [1.29, 1.82) is 0 Å². The first-order valence-electron chi connectivity index (χ1n) is 4.53. The Balaban J connectivity index is 2.42. The van der Waals surface area contributed by atoms with Crippen molar-refractivity contribution in [3.05, 3.63) is 16.5 Å². The van der Waals surface area contributed by atoms with E-state index in [1.54, 1.807) is 6.07 Å². The first kappa shape index (κ1) is 10.5. The van der Waals surface area contributed by atoms with E-state index < -0.39 is 9.05 Å². The van der Waals surface area contributed by atoms with Gasteiger partial charge in [0.2, 0.25) is 0 Å². The summed E-state index contributed by atoms with van der Waals surface area (Å²) in [6.07, 6.45) is 3.13. The highest BCUT2D eigenvalue weighted by molar-refractivity contribution is 8.15. The van der Waals surface area contributed by atoms with Crippen LogP contribution in [0.1, 0.15) is 23.8 Å². The first-order chi connectivity index (χ1) is 6.47. The second-order valence-electron chi connectivity index (χ2n) is 3.80. The van der Waals surface area contributed by atoms with Crippen LogP contribution in [0.15, 0.2) is 10.3 Å². The molecule has 0 aliphatic heterocycles. The molecular weight excluding hydrogens is 240 g/mol. The van der Waals surface area contributed by atoms with Gasteiger partial charge in [0.05, 0.1) is 0 Å². The standard InChI is InChI=1S/C9H11ClO2S2/c1-6-2-3-8-7(4-6)5-9(13-8)14(10,11)12/h5-6H,2-4H2,1H3. The Morgan fingerprint density at radius 1 is 1.57 bits per heavy atom. The van der Waals surface area contributed by atoms with Crippen LogP contribution in [0.2, 0.25) is 0 Å². The van der Waals surface area contributed by atoms with Crippen molar-refractivity contribution in [2.75, 3.05) is 0 Å². The summed E-state index contributed by atoms with van der Waals surface area (Å²) in [4.78, 5) is 1.20. The summed E-state index contributed by atoms with van der Waals surface area (Å²) in [6, 6.07) is 1.73. The van der Waals surface area contributed by atoms with E-state index in [1.165, 1.54) is 21.8 Å². The molecule has 1 aromatic rings. The lowest BCUT2D eigenvalue weighted by Gasteiger charge is -2.16. The summed E-state index contributed by atoms with van der Waals surface area (Å²) in [5.74, 6) is 0.656. The average Bonchev–Trinajstić information content (AvgIpc) is 2.45. The highest BCUT2D eigenvalue weighted by atomic mass is 35.7. The number of rotatable bonds is 1. The molecule has 2 nitrogen and oxygen atoms in total. The molecule has 5 heteroatoms.